The number of rotatable bonds is 1. The van der Waals surface area contributed by atoms with E-state index in [2.05, 4.69) is 18.6 Å². The summed E-state index contributed by atoms with van der Waals surface area (Å²) in [5.74, 6) is 1.43. The average Bonchev–Trinajstić information content (AvgIpc) is 2.59. The minimum Gasteiger partial charge on any atom is -0.361 e. The Labute approximate surface area is 77.8 Å². The first-order chi connectivity index (χ1) is 6.16. The summed E-state index contributed by atoms with van der Waals surface area (Å²) in [6, 6.07) is 0. The highest BCUT2D eigenvalue weighted by Gasteiger charge is 2.57. The van der Waals surface area contributed by atoms with Crippen molar-refractivity contribution < 1.29 is 9.58 Å². The van der Waals surface area contributed by atoms with E-state index in [-0.39, 0.29) is 17.6 Å². The summed E-state index contributed by atoms with van der Waals surface area (Å²) in [4.78, 5) is 14.8. The van der Waals surface area contributed by atoms with Crippen LogP contribution in [0.4, 0.5) is 0 Å². The minimum atomic E-state index is 0.0949. The fraction of sp³-hybridized carbons (Fsp3) is 0.800. The number of hydrogen-bond acceptors (Lipinski definition) is 1. The number of ketones is 1. The van der Waals surface area contributed by atoms with Gasteiger partial charge < -0.3 is 5.53 Å². The van der Waals surface area contributed by atoms with E-state index in [1.54, 1.807) is 0 Å². The monoisotopic (exact) mass is 178 g/mol. The summed E-state index contributed by atoms with van der Waals surface area (Å²) >= 11 is 0. The van der Waals surface area contributed by atoms with E-state index in [0.29, 0.717) is 17.5 Å². The Balaban J connectivity index is 2.38. The van der Waals surface area contributed by atoms with Crippen molar-refractivity contribution in [2.24, 2.45) is 23.7 Å². The minimum absolute atomic E-state index is 0.0949. The molecule has 2 fully saturated rings. The second-order valence-corrected chi connectivity index (χ2v) is 4.46. The van der Waals surface area contributed by atoms with Crippen molar-refractivity contribution in [3.05, 3.63) is 5.53 Å². The molecule has 0 aromatic rings. The van der Waals surface area contributed by atoms with E-state index < -0.39 is 0 Å². The molecule has 0 aliphatic heterocycles. The second-order valence-electron chi connectivity index (χ2n) is 4.46. The molecule has 3 heteroatoms. The van der Waals surface area contributed by atoms with Gasteiger partial charge in [0.1, 0.15) is 0 Å². The van der Waals surface area contributed by atoms with Crippen molar-refractivity contribution in [2.75, 3.05) is 0 Å². The predicted octanol–water partition coefficient (Wildman–Crippen LogP) is 1.54. The third-order valence-electron chi connectivity index (χ3n) is 3.54. The van der Waals surface area contributed by atoms with Crippen LogP contribution < -0.4 is 0 Å². The molecule has 2 aliphatic carbocycles. The van der Waals surface area contributed by atoms with Crippen LogP contribution in [0.15, 0.2) is 0 Å². The number of hydrogen-bond donors (Lipinski definition) is 0. The molecule has 2 aliphatic rings. The molecule has 0 radical (unpaired) electrons. The maximum absolute atomic E-state index is 11.6. The highest BCUT2D eigenvalue weighted by atomic mass is 16.1. The van der Waals surface area contributed by atoms with Crippen LogP contribution in [-0.4, -0.2) is 16.3 Å². The Morgan fingerprint density at radius 2 is 2.00 bits per heavy atom. The van der Waals surface area contributed by atoms with Gasteiger partial charge in [0.25, 0.3) is 0 Å². The van der Waals surface area contributed by atoms with Gasteiger partial charge in [-0.2, -0.15) is 4.79 Å². The summed E-state index contributed by atoms with van der Waals surface area (Å²) in [5.41, 5.74) is 9.16. The maximum Gasteiger partial charge on any atom is 0.338 e. The first-order valence-corrected chi connectivity index (χ1v) is 4.93. The zero-order valence-corrected chi connectivity index (χ0v) is 8.03. The van der Waals surface area contributed by atoms with E-state index in [1.807, 2.05) is 0 Å². The van der Waals surface area contributed by atoms with Crippen molar-refractivity contribution in [1.29, 1.82) is 0 Å². The lowest BCUT2D eigenvalue weighted by atomic mass is 9.86. The highest BCUT2D eigenvalue weighted by Crippen LogP contribution is 2.48. The number of fused-ring (bicyclic) bond motifs is 2. The molecular weight excluding hydrogens is 164 g/mol. The molecule has 0 aromatic heterocycles. The molecule has 70 valence electrons. The zero-order chi connectivity index (χ0) is 9.59. The molecule has 0 unspecified atom stereocenters. The number of nitrogens with zero attached hydrogens (tertiary/aromatic N) is 2. The van der Waals surface area contributed by atoms with Gasteiger partial charge in [0.05, 0.1) is 5.92 Å². The molecule has 0 aromatic carbocycles. The fourth-order valence-corrected chi connectivity index (χ4v) is 3.07. The fourth-order valence-electron chi connectivity index (χ4n) is 3.07. The summed E-state index contributed by atoms with van der Waals surface area (Å²) in [7, 11) is 0. The summed E-state index contributed by atoms with van der Waals surface area (Å²) in [5, 5.41) is 0. The highest BCUT2D eigenvalue weighted by molar-refractivity contribution is 6.41. The number of Topliss-reactive ketones (excluding diaryl/α,β-unsaturated/α-hetero) is 1. The van der Waals surface area contributed by atoms with E-state index in [4.69, 9.17) is 5.53 Å². The molecule has 0 N–H and O–H groups in total. The maximum atomic E-state index is 11.6. The van der Waals surface area contributed by atoms with Gasteiger partial charge in [-0.1, -0.05) is 13.8 Å². The molecule has 0 amide bonds. The van der Waals surface area contributed by atoms with Crippen LogP contribution in [-0.2, 0) is 4.79 Å². The van der Waals surface area contributed by atoms with Crippen molar-refractivity contribution in [2.45, 2.75) is 26.7 Å². The van der Waals surface area contributed by atoms with Crippen LogP contribution in [0.2, 0.25) is 0 Å². The lowest BCUT2D eigenvalue weighted by Gasteiger charge is -2.15. The van der Waals surface area contributed by atoms with Crippen LogP contribution in [0.1, 0.15) is 26.7 Å². The molecule has 13 heavy (non-hydrogen) atoms. The van der Waals surface area contributed by atoms with Crippen molar-refractivity contribution in [3.8, 4) is 0 Å². The number of carbonyl (C=O) groups is 1. The molecule has 2 rings (SSSR count). The van der Waals surface area contributed by atoms with Crippen molar-refractivity contribution >= 4 is 11.5 Å². The molecular formula is C10H14N2O. The smallest absolute Gasteiger partial charge is 0.338 e. The van der Waals surface area contributed by atoms with E-state index in [9.17, 15) is 4.79 Å². The van der Waals surface area contributed by atoms with Crippen LogP contribution >= 0.6 is 0 Å². The normalized spacial score (nSPS) is 37.3. The molecule has 0 saturated heterocycles. The molecule has 0 heterocycles. The molecule has 2 saturated carbocycles. The summed E-state index contributed by atoms with van der Waals surface area (Å²) < 4.78 is 0. The van der Waals surface area contributed by atoms with Gasteiger partial charge in [0, 0.05) is 5.92 Å². The standard InChI is InChI=1S/C10H14N2O/c1-5(2)8-6-3-4-7(8)10(13)9(6)12-11/h5-8H,3-4H2,1-2H3/t6-,7+,8-/m1/s1. The van der Waals surface area contributed by atoms with Gasteiger partial charge in [-0.25, -0.2) is 0 Å². The Bertz CT molecular complexity index is 302. The molecule has 2 bridgehead atoms. The molecule has 3 atom stereocenters. The SMILES string of the molecule is CC(C)[C@H]1[C@@H]2CC[C@H]1C(=[N+]=[N-])C2=O. The Hall–Kier alpha value is -0.950. The summed E-state index contributed by atoms with van der Waals surface area (Å²) in [6.07, 6.45) is 2.02. The molecule has 3 nitrogen and oxygen atoms in total. The third kappa shape index (κ3) is 1.00. The van der Waals surface area contributed by atoms with E-state index >= 15 is 0 Å². The Morgan fingerprint density at radius 3 is 2.38 bits per heavy atom. The van der Waals surface area contributed by atoms with Crippen LogP contribution in [0, 0.1) is 23.7 Å². The van der Waals surface area contributed by atoms with Crippen molar-refractivity contribution in [1.82, 2.24) is 0 Å². The number of carbonyl (C=O) groups excluding carboxylic acids is 1. The first-order valence-electron chi connectivity index (χ1n) is 4.93. The summed E-state index contributed by atoms with van der Waals surface area (Å²) in [6.45, 7) is 4.28. The van der Waals surface area contributed by atoms with Crippen LogP contribution in [0.3, 0.4) is 0 Å². The predicted molar refractivity (Wildman–Crippen MR) is 48.2 cm³/mol. The van der Waals surface area contributed by atoms with E-state index in [1.165, 1.54) is 0 Å². The molecule has 0 spiro atoms. The quantitative estimate of drug-likeness (QED) is 0.444. The third-order valence-corrected chi connectivity index (χ3v) is 3.54. The van der Waals surface area contributed by atoms with Gasteiger partial charge in [-0.15, -0.1) is 0 Å². The lowest BCUT2D eigenvalue weighted by molar-refractivity contribution is -0.120. The first kappa shape index (κ1) is 8.64. The van der Waals surface area contributed by atoms with Crippen LogP contribution in [0.5, 0.6) is 0 Å². The lowest BCUT2D eigenvalue weighted by Crippen LogP contribution is -2.22. The Kier molecular flexibility index (Phi) is 1.85. The Morgan fingerprint density at radius 1 is 1.38 bits per heavy atom. The average molecular weight is 178 g/mol. The van der Waals surface area contributed by atoms with Crippen molar-refractivity contribution in [3.63, 3.8) is 0 Å². The van der Waals surface area contributed by atoms with Gasteiger partial charge in [0.2, 0.25) is 5.78 Å². The van der Waals surface area contributed by atoms with Gasteiger partial charge in [-0.05, 0) is 24.7 Å². The van der Waals surface area contributed by atoms with Crippen LogP contribution in [0.25, 0.3) is 5.53 Å². The zero-order valence-electron chi connectivity index (χ0n) is 8.03. The second kappa shape index (κ2) is 2.78. The van der Waals surface area contributed by atoms with Gasteiger partial charge in [-0.3, -0.25) is 4.79 Å². The van der Waals surface area contributed by atoms with Gasteiger partial charge >= 0.3 is 5.71 Å². The topological polar surface area (TPSA) is 53.5 Å². The van der Waals surface area contributed by atoms with E-state index in [0.717, 1.165) is 12.8 Å². The van der Waals surface area contributed by atoms with Gasteiger partial charge in [0.15, 0.2) is 0 Å². The largest absolute Gasteiger partial charge is 0.361 e.